The maximum absolute atomic E-state index is 5.26. The molecule has 0 aliphatic carbocycles. The maximum Gasteiger partial charge on any atom is 0.191 e. The summed E-state index contributed by atoms with van der Waals surface area (Å²) in [7, 11) is 1.81. The Morgan fingerprint density at radius 2 is 2.05 bits per heavy atom. The van der Waals surface area contributed by atoms with E-state index in [1.54, 1.807) is 0 Å². The van der Waals surface area contributed by atoms with Crippen molar-refractivity contribution in [2.45, 2.75) is 24.0 Å². The second kappa shape index (κ2) is 7.71. The van der Waals surface area contributed by atoms with Crippen molar-refractivity contribution in [2.24, 2.45) is 10.4 Å². The van der Waals surface area contributed by atoms with Crippen LogP contribution in [0.15, 0.2) is 40.2 Å². The molecule has 21 heavy (non-hydrogen) atoms. The molecule has 0 radical (unpaired) electrons. The minimum atomic E-state index is 0.252. The molecule has 0 spiro atoms. The van der Waals surface area contributed by atoms with E-state index >= 15 is 0 Å². The van der Waals surface area contributed by atoms with Crippen LogP contribution >= 0.6 is 11.8 Å². The minimum Gasteiger partial charge on any atom is -0.380 e. The van der Waals surface area contributed by atoms with Crippen molar-refractivity contribution in [1.82, 2.24) is 10.6 Å². The molecule has 1 aliphatic heterocycles. The lowest BCUT2D eigenvalue weighted by Gasteiger charge is -2.38. The van der Waals surface area contributed by atoms with Crippen LogP contribution in [-0.2, 0) is 4.74 Å². The van der Waals surface area contributed by atoms with Crippen LogP contribution in [0.1, 0.15) is 13.8 Å². The van der Waals surface area contributed by atoms with E-state index in [2.05, 4.69) is 53.7 Å². The van der Waals surface area contributed by atoms with Crippen LogP contribution in [0.2, 0.25) is 0 Å². The maximum atomic E-state index is 5.26. The van der Waals surface area contributed by atoms with Gasteiger partial charge in [-0.15, -0.1) is 11.8 Å². The van der Waals surface area contributed by atoms with Crippen molar-refractivity contribution >= 4 is 17.7 Å². The largest absolute Gasteiger partial charge is 0.380 e. The highest BCUT2D eigenvalue weighted by molar-refractivity contribution is 8.00. The first-order valence-corrected chi connectivity index (χ1v) is 8.23. The molecule has 0 saturated carbocycles. The standard InChI is InChI=1S/C16H25N3OS/c1-13(21-14-7-5-4-6-8-14)9-18-15(17-3)19-10-16(2)11-20-12-16/h4-8,13H,9-12H2,1-3H3,(H2,17,18,19). The van der Waals surface area contributed by atoms with Gasteiger partial charge in [0.25, 0.3) is 0 Å². The van der Waals surface area contributed by atoms with Crippen LogP contribution in [0, 0.1) is 5.41 Å². The fourth-order valence-electron chi connectivity index (χ4n) is 2.08. The summed E-state index contributed by atoms with van der Waals surface area (Å²) in [6, 6.07) is 10.5. The van der Waals surface area contributed by atoms with Crippen molar-refractivity contribution in [1.29, 1.82) is 0 Å². The van der Waals surface area contributed by atoms with Gasteiger partial charge in [0.05, 0.1) is 13.2 Å². The third-order valence-corrected chi connectivity index (χ3v) is 4.56. The second-order valence-corrected chi connectivity index (χ2v) is 7.36. The Morgan fingerprint density at radius 3 is 2.62 bits per heavy atom. The molecule has 1 atom stereocenters. The first-order chi connectivity index (χ1) is 10.1. The van der Waals surface area contributed by atoms with Gasteiger partial charge in [-0.25, -0.2) is 0 Å². The lowest BCUT2D eigenvalue weighted by atomic mass is 9.89. The SMILES string of the molecule is CN=C(NCC(C)Sc1ccccc1)NCC1(C)COC1. The summed E-state index contributed by atoms with van der Waals surface area (Å²) in [6.07, 6.45) is 0. The van der Waals surface area contributed by atoms with Gasteiger partial charge >= 0.3 is 0 Å². The molecule has 0 bridgehead atoms. The molecule has 2 rings (SSSR count). The molecule has 1 saturated heterocycles. The Balaban J connectivity index is 1.70. The monoisotopic (exact) mass is 307 g/mol. The van der Waals surface area contributed by atoms with Gasteiger partial charge in [0.2, 0.25) is 0 Å². The molecule has 5 heteroatoms. The van der Waals surface area contributed by atoms with E-state index in [9.17, 15) is 0 Å². The number of guanidine groups is 1. The Morgan fingerprint density at radius 1 is 1.33 bits per heavy atom. The average molecular weight is 307 g/mol. The average Bonchev–Trinajstić information content (AvgIpc) is 2.46. The van der Waals surface area contributed by atoms with Gasteiger partial charge in [-0.3, -0.25) is 4.99 Å². The fourth-order valence-corrected chi connectivity index (χ4v) is 3.03. The zero-order valence-corrected chi connectivity index (χ0v) is 13.9. The van der Waals surface area contributed by atoms with Gasteiger partial charge in [-0.2, -0.15) is 0 Å². The number of benzene rings is 1. The van der Waals surface area contributed by atoms with Gasteiger partial charge in [-0.1, -0.05) is 32.0 Å². The van der Waals surface area contributed by atoms with Gasteiger partial charge in [0, 0.05) is 35.7 Å². The zero-order valence-electron chi connectivity index (χ0n) is 13.1. The number of ether oxygens (including phenoxy) is 1. The van der Waals surface area contributed by atoms with E-state index in [0.717, 1.165) is 32.3 Å². The number of hydrogen-bond acceptors (Lipinski definition) is 3. The molecule has 1 fully saturated rings. The molecule has 0 amide bonds. The van der Waals surface area contributed by atoms with E-state index in [1.165, 1.54) is 4.90 Å². The Hall–Kier alpha value is -1.20. The van der Waals surface area contributed by atoms with Crippen molar-refractivity contribution < 1.29 is 4.74 Å². The first kappa shape index (κ1) is 16.2. The summed E-state index contributed by atoms with van der Waals surface area (Å²) in [5.74, 6) is 0.864. The second-order valence-electron chi connectivity index (χ2n) is 5.85. The van der Waals surface area contributed by atoms with E-state index in [1.807, 2.05) is 24.9 Å². The van der Waals surface area contributed by atoms with Crippen LogP contribution < -0.4 is 10.6 Å². The van der Waals surface area contributed by atoms with Gasteiger partial charge in [0.1, 0.15) is 0 Å². The number of nitrogens with zero attached hydrogens (tertiary/aromatic N) is 1. The lowest BCUT2D eigenvalue weighted by molar-refractivity contribution is -0.0971. The molecular weight excluding hydrogens is 282 g/mol. The minimum absolute atomic E-state index is 0.252. The van der Waals surface area contributed by atoms with E-state index in [4.69, 9.17) is 4.74 Å². The van der Waals surface area contributed by atoms with Crippen molar-refractivity contribution in [3.05, 3.63) is 30.3 Å². The summed E-state index contributed by atoms with van der Waals surface area (Å²) in [5.41, 5.74) is 0.252. The van der Waals surface area contributed by atoms with Crippen LogP contribution in [-0.4, -0.2) is 44.6 Å². The smallest absolute Gasteiger partial charge is 0.191 e. The summed E-state index contributed by atoms with van der Waals surface area (Å²) >= 11 is 1.87. The topological polar surface area (TPSA) is 45.7 Å². The van der Waals surface area contributed by atoms with Crippen LogP contribution in [0.4, 0.5) is 0 Å². The molecule has 1 heterocycles. The summed E-state index contributed by atoms with van der Waals surface area (Å²) in [4.78, 5) is 5.57. The highest BCUT2D eigenvalue weighted by Crippen LogP contribution is 2.25. The Labute approximate surface area is 131 Å². The molecule has 1 unspecified atom stereocenters. The number of thioether (sulfide) groups is 1. The summed E-state index contributed by atoms with van der Waals surface area (Å²) in [5, 5.41) is 7.25. The van der Waals surface area contributed by atoms with Crippen LogP contribution in [0.25, 0.3) is 0 Å². The highest BCUT2D eigenvalue weighted by atomic mass is 32.2. The van der Waals surface area contributed by atoms with Crippen molar-refractivity contribution in [3.8, 4) is 0 Å². The molecule has 2 N–H and O–H groups in total. The van der Waals surface area contributed by atoms with E-state index in [0.29, 0.717) is 5.25 Å². The van der Waals surface area contributed by atoms with Crippen molar-refractivity contribution in [2.75, 3.05) is 33.4 Å². The summed E-state index contributed by atoms with van der Waals surface area (Å²) < 4.78 is 5.26. The third-order valence-electron chi connectivity index (χ3n) is 3.44. The van der Waals surface area contributed by atoms with Crippen molar-refractivity contribution in [3.63, 3.8) is 0 Å². The summed E-state index contributed by atoms with van der Waals surface area (Å²) in [6.45, 7) is 7.89. The number of hydrogen-bond donors (Lipinski definition) is 2. The van der Waals surface area contributed by atoms with E-state index < -0.39 is 0 Å². The van der Waals surface area contributed by atoms with Crippen LogP contribution in [0.3, 0.4) is 0 Å². The Kier molecular flexibility index (Phi) is 5.94. The fraction of sp³-hybridized carbons (Fsp3) is 0.562. The third kappa shape index (κ3) is 5.25. The molecule has 116 valence electrons. The molecular formula is C16H25N3OS. The van der Waals surface area contributed by atoms with Crippen LogP contribution in [0.5, 0.6) is 0 Å². The number of rotatable bonds is 6. The lowest BCUT2D eigenvalue weighted by Crippen LogP contribution is -2.51. The molecule has 1 aromatic rings. The van der Waals surface area contributed by atoms with E-state index in [-0.39, 0.29) is 5.41 Å². The zero-order chi connectivity index (χ0) is 15.1. The normalized spacial score (nSPS) is 18.7. The number of aliphatic imine (C=N–C) groups is 1. The first-order valence-electron chi connectivity index (χ1n) is 7.35. The quantitative estimate of drug-likeness (QED) is 0.481. The van der Waals surface area contributed by atoms with Gasteiger partial charge in [-0.05, 0) is 12.1 Å². The molecule has 4 nitrogen and oxygen atoms in total. The number of nitrogens with one attached hydrogen (secondary N) is 2. The predicted molar refractivity (Wildman–Crippen MR) is 90.1 cm³/mol. The Bertz CT molecular complexity index is 460. The highest BCUT2D eigenvalue weighted by Gasteiger charge is 2.33. The predicted octanol–water partition coefficient (Wildman–Crippen LogP) is 2.37. The van der Waals surface area contributed by atoms with Gasteiger partial charge < -0.3 is 15.4 Å². The molecule has 0 aromatic heterocycles. The molecule has 1 aliphatic rings. The van der Waals surface area contributed by atoms with Gasteiger partial charge in [0.15, 0.2) is 5.96 Å². The molecule has 1 aromatic carbocycles.